The normalized spacial score (nSPS) is 10.9. The first-order valence-corrected chi connectivity index (χ1v) is 5.76. The average molecular weight is 265 g/mol. The van der Waals surface area contributed by atoms with E-state index in [1.165, 1.54) is 18.4 Å². The molecule has 0 saturated heterocycles. The molecule has 0 fully saturated rings. The molecule has 0 aliphatic heterocycles. The van der Waals surface area contributed by atoms with Crippen LogP contribution in [0.1, 0.15) is 20.4 Å². The molecule has 0 unspecified atom stereocenters. The van der Waals surface area contributed by atoms with Gasteiger partial charge in [-0.25, -0.2) is 18.6 Å². The van der Waals surface area contributed by atoms with Crippen molar-refractivity contribution < 1.29 is 23.0 Å². The van der Waals surface area contributed by atoms with Crippen molar-refractivity contribution in [2.24, 2.45) is 0 Å². The van der Waals surface area contributed by atoms with Crippen LogP contribution in [-0.2, 0) is 15.9 Å². The number of thiazole rings is 1. The maximum absolute atomic E-state index is 11.8. The van der Waals surface area contributed by atoms with E-state index in [-0.39, 0.29) is 6.61 Å². The van der Waals surface area contributed by atoms with Gasteiger partial charge in [0, 0.05) is 6.42 Å². The highest BCUT2D eigenvalue weighted by atomic mass is 32.1. The van der Waals surface area contributed by atoms with Crippen molar-refractivity contribution in [1.29, 1.82) is 0 Å². The molecule has 0 N–H and O–H groups in total. The number of aryl methyl sites for hydroxylation is 1. The third kappa shape index (κ3) is 4.35. The summed E-state index contributed by atoms with van der Waals surface area (Å²) in [6.45, 7) is 1.29. The van der Waals surface area contributed by atoms with Crippen molar-refractivity contribution in [2.75, 3.05) is 20.3 Å². The van der Waals surface area contributed by atoms with Crippen LogP contribution in [0.5, 0.6) is 0 Å². The second kappa shape index (κ2) is 6.61. The molecule has 1 rings (SSSR count). The number of carbonyl (C=O) groups is 1. The number of aromatic nitrogens is 1. The number of alkyl halides is 2. The van der Waals surface area contributed by atoms with E-state index in [0.29, 0.717) is 22.0 Å². The predicted octanol–water partition coefficient (Wildman–Crippen LogP) is 2.06. The number of nitrogens with zero attached hydrogens (tertiary/aromatic N) is 1. The van der Waals surface area contributed by atoms with Gasteiger partial charge >= 0.3 is 5.97 Å². The molecule has 1 heterocycles. The van der Waals surface area contributed by atoms with Gasteiger partial charge in [0.2, 0.25) is 0 Å². The number of carbonyl (C=O) groups excluding carboxylic acids is 1. The fourth-order valence-electron chi connectivity index (χ4n) is 1.17. The maximum atomic E-state index is 11.8. The molecule has 17 heavy (non-hydrogen) atoms. The zero-order valence-corrected chi connectivity index (χ0v) is 10.4. The summed E-state index contributed by atoms with van der Waals surface area (Å²) in [5.74, 6) is -0.431. The van der Waals surface area contributed by atoms with Crippen molar-refractivity contribution in [2.45, 2.75) is 19.8 Å². The van der Waals surface area contributed by atoms with Crippen LogP contribution in [-0.4, -0.2) is 37.7 Å². The summed E-state index contributed by atoms with van der Waals surface area (Å²) in [5, 5.41) is 0.678. The van der Waals surface area contributed by atoms with Crippen molar-refractivity contribution in [3.8, 4) is 0 Å². The molecule has 0 atom stereocenters. The van der Waals surface area contributed by atoms with Gasteiger partial charge in [0.25, 0.3) is 6.43 Å². The summed E-state index contributed by atoms with van der Waals surface area (Å²) in [7, 11) is 1.30. The zero-order chi connectivity index (χ0) is 12.8. The average Bonchev–Trinajstić information content (AvgIpc) is 2.65. The lowest BCUT2D eigenvalue weighted by atomic mass is 10.4. The number of hydrogen-bond acceptors (Lipinski definition) is 5. The SMILES string of the molecule is COC(=O)c1sc(CCOCC(F)F)nc1C. The van der Waals surface area contributed by atoms with Crippen molar-refractivity contribution in [3.05, 3.63) is 15.6 Å². The molecule has 0 radical (unpaired) electrons. The minimum atomic E-state index is -2.46. The van der Waals surface area contributed by atoms with Gasteiger partial charge in [-0.15, -0.1) is 11.3 Å². The molecule has 0 bridgehead atoms. The first-order chi connectivity index (χ1) is 8.04. The molecular weight excluding hydrogens is 252 g/mol. The lowest BCUT2D eigenvalue weighted by molar-refractivity contribution is 0.0187. The molecule has 96 valence electrons. The number of halogens is 2. The van der Waals surface area contributed by atoms with Crippen LogP contribution < -0.4 is 0 Å². The van der Waals surface area contributed by atoms with Gasteiger partial charge in [-0.05, 0) is 6.92 Å². The van der Waals surface area contributed by atoms with E-state index in [2.05, 4.69) is 9.72 Å². The largest absolute Gasteiger partial charge is 0.465 e. The van der Waals surface area contributed by atoms with E-state index in [0.717, 1.165) is 0 Å². The Labute approximate surface area is 102 Å². The Morgan fingerprint density at radius 3 is 2.82 bits per heavy atom. The number of hydrogen-bond donors (Lipinski definition) is 0. The fraction of sp³-hybridized carbons (Fsp3) is 0.600. The van der Waals surface area contributed by atoms with Gasteiger partial charge in [-0.2, -0.15) is 0 Å². The monoisotopic (exact) mass is 265 g/mol. The molecule has 0 aliphatic carbocycles. The highest BCUT2D eigenvalue weighted by Gasteiger charge is 2.15. The summed E-state index contributed by atoms with van der Waals surface area (Å²) in [6.07, 6.45) is -2.05. The minimum Gasteiger partial charge on any atom is -0.465 e. The molecule has 0 saturated carbocycles. The summed E-state index contributed by atoms with van der Waals surface area (Å²) in [6, 6.07) is 0. The van der Waals surface area contributed by atoms with E-state index in [9.17, 15) is 13.6 Å². The van der Waals surface area contributed by atoms with Gasteiger partial charge in [0.1, 0.15) is 11.5 Å². The zero-order valence-electron chi connectivity index (χ0n) is 9.53. The summed E-state index contributed by atoms with van der Waals surface area (Å²) in [4.78, 5) is 15.9. The molecule has 0 amide bonds. The van der Waals surface area contributed by atoms with E-state index in [1.807, 2.05) is 0 Å². The number of esters is 1. The standard InChI is InChI=1S/C10H13F2NO3S/c1-6-9(10(14)15-2)17-8(13-6)3-4-16-5-7(11)12/h7H,3-5H2,1-2H3. The van der Waals surface area contributed by atoms with Crippen LogP contribution in [0.15, 0.2) is 0 Å². The fourth-order valence-corrected chi connectivity index (χ4v) is 2.14. The van der Waals surface area contributed by atoms with Gasteiger partial charge in [0.05, 0.1) is 24.4 Å². The van der Waals surface area contributed by atoms with Crippen LogP contribution in [0.2, 0.25) is 0 Å². The lowest BCUT2D eigenvalue weighted by Crippen LogP contribution is -2.06. The van der Waals surface area contributed by atoms with E-state index >= 15 is 0 Å². The maximum Gasteiger partial charge on any atom is 0.349 e. The highest BCUT2D eigenvalue weighted by molar-refractivity contribution is 7.13. The first-order valence-electron chi connectivity index (χ1n) is 4.95. The Hall–Kier alpha value is -1.08. The minimum absolute atomic E-state index is 0.165. The van der Waals surface area contributed by atoms with Crippen molar-refractivity contribution in [3.63, 3.8) is 0 Å². The molecule has 1 aromatic rings. The Kier molecular flexibility index (Phi) is 5.43. The van der Waals surface area contributed by atoms with Gasteiger partial charge in [-0.3, -0.25) is 0 Å². The van der Waals surface area contributed by atoms with Crippen LogP contribution >= 0.6 is 11.3 Å². The van der Waals surface area contributed by atoms with Gasteiger partial charge in [0.15, 0.2) is 0 Å². The molecule has 0 spiro atoms. The van der Waals surface area contributed by atoms with Gasteiger partial charge < -0.3 is 9.47 Å². The Balaban J connectivity index is 2.47. The van der Waals surface area contributed by atoms with Crippen molar-refractivity contribution >= 4 is 17.3 Å². The quantitative estimate of drug-likeness (QED) is 0.583. The summed E-state index contributed by atoms with van der Waals surface area (Å²) >= 11 is 1.20. The third-order valence-electron chi connectivity index (χ3n) is 1.92. The topological polar surface area (TPSA) is 48.4 Å². The second-order valence-electron chi connectivity index (χ2n) is 3.23. The first kappa shape index (κ1) is 14.0. The summed E-state index contributed by atoms with van der Waals surface area (Å²) in [5.41, 5.74) is 0.589. The predicted molar refractivity (Wildman–Crippen MR) is 58.7 cm³/mol. The molecular formula is C10H13F2NO3S. The van der Waals surface area contributed by atoms with Gasteiger partial charge in [-0.1, -0.05) is 0 Å². The highest BCUT2D eigenvalue weighted by Crippen LogP contribution is 2.19. The van der Waals surface area contributed by atoms with Crippen LogP contribution in [0.4, 0.5) is 8.78 Å². The molecule has 7 heteroatoms. The van der Waals surface area contributed by atoms with E-state index in [4.69, 9.17) is 4.74 Å². The van der Waals surface area contributed by atoms with E-state index in [1.54, 1.807) is 6.92 Å². The van der Waals surface area contributed by atoms with E-state index < -0.39 is 19.0 Å². The number of rotatable bonds is 6. The van der Waals surface area contributed by atoms with Crippen LogP contribution in [0, 0.1) is 6.92 Å². The second-order valence-corrected chi connectivity index (χ2v) is 4.31. The van der Waals surface area contributed by atoms with Crippen LogP contribution in [0.3, 0.4) is 0 Å². The molecule has 0 aliphatic rings. The smallest absolute Gasteiger partial charge is 0.349 e. The lowest BCUT2D eigenvalue weighted by Gasteiger charge is -2.00. The van der Waals surface area contributed by atoms with Crippen molar-refractivity contribution in [1.82, 2.24) is 4.98 Å². The molecule has 1 aromatic heterocycles. The Bertz CT molecular complexity index is 382. The summed E-state index contributed by atoms with van der Waals surface area (Å²) < 4.78 is 32.9. The molecule has 4 nitrogen and oxygen atoms in total. The Morgan fingerprint density at radius 1 is 1.53 bits per heavy atom. The van der Waals surface area contributed by atoms with Crippen LogP contribution in [0.25, 0.3) is 0 Å². The third-order valence-corrected chi connectivity index (χ3v) is 3.11. The number of ether oxygens (including phenoxy) is 2. The molecule has 0 aromatic carbocycles. The number of methoxy groups -OCH3 is 1. The Morgan fingerprint density at radius 2 is 2.24 bits per heavy atom.